The van der Waals surface area contributed by atoms with Crippen LogP contribution in [-0.4, -0.2) is 46.5 Å². The van der Waals surface area contributed by atoms with E-state index in [1.807, 2.05) is 0 Å². The Morgan fingerprint density at radius 2 is 1.76 bits per heavy atom. The molecule has 0 aliphatic carbocycles. The van der Waals surface area contributed by atoms with Crippen LogP contribution in [0.25, 0.3) is 0 Å². The molecular weight excluding hydrogens is 412 g/mol. The number of hydrogen-bond acceptors (Lipinski definition) is 4. The number of halogens is 1. The Morgan fingerprint density at radius 3 is 2.31 bits per heavy atom. The molecule has 2 aromatic carbocycles. The van der Waals surface area contributed by atoms with Gasteiger partial charge >= 0.3 is 0 Å². The largest absolute Gasteiger partial charge is 0.497 e. The molecule has 2 aromatic rings. The maximum absolute atomic E-state index is 12.9. The average molecular weight is 437 g/mol. The van der Waals surface area contributed by atoms with Gasteiger partial charge in [-0.05, 0) is 61.2 Å². The molecule has 0 aromatic heterocycles. The number of hydrogen-bond donors (Lipinski definition) is 0. The van der Waals surface area contributed by atoms with E-state index in [9.17, 15) is 13.2 Å². The predicted octanol–water partition coefficient (Wildman–Crippen LogP) is 4.05. The molecule has 1 aliphatic rings. The maximum Gasteiger partial charge on any atom is 0.264 e. The monoisotopic (exact) mass is 436 g/mol. The third-order valence-corrected chi connectivity index (χ3v) is 7.45. The van der Waals surface area contributed by atoms with Crippen LogP contribution in [0.3, 0.4) is 0 Å². The van der Waals surface area contributed by atoms with Gasteiger partial charge in [0.1, 0.15) is 5.75 Å². The SMILES string of the molecule is COc1ccc(S(=O)(=O)N(C)c2ccc(C(=O)N3CCC(C)CC3)c(Cl)c2)cc1. The molecule has 1 fully saturated rings. The summed E-state index contributed by atoms with van der Waals surface area (Å²) in [6.07, 6.45) is 1.95. The Balaban J connectivity index is 1.82. The van der Waals surface area contributed by atoms with Crippen molar-refractivity contribution in [2.45, 2.75) is 24.7 Å². The smallest absolute Gasteiger partial charge is 0.264 e. The molecule has 0 unspecified atom stereocenters. The standard InChI is InChI=1S/C21H25ClN2O4S/c1-15-10-12-24(13-11-15)21(25)19-9-4-16(14-20(19)22)23(2)29(26,27)18-7-5-17(28-3)6-8-18/h4-9,14-15H,10-13H2,1-3H3. The first-order valence-electron chi connectivity index (χ1n) is 9.46. The van der Waals surface area contributed by atoms with Crippen molar-refractivity contribution in [3.63, 3.8) is 0 Å². The number of amides is 1. The number of methoxy groups -OCH3 is 1. The summed E-state index contributed by atoms with van der Waals surface area (Å²) in [5.74, 6) is 1.08. The molecule has 6 nitrogen and oxygen atoms in total. The summed E-state index contributed by atoms with van der Waals surface area (Å²) >= 11 is 6.37. The van der Waals surface area contributed by atoms with Gasteiger partial charge in [0.15, 0.2) is 0 Å². The topological polar surface area (TPSA) is 66.9 Å². The number of likely N-dealkylation sites (tertiary alicyclic amines) is 1. The van der Waals surface area contributed by atoms with Crippen LogP contribution in [0.4, 0.5) is 5.69 Å². The molecule has 0 atom stereocenters. The van der Waals surface area contributed by atoms with E-state index in [1.54, 1.807) is 29.2 Å². The van der Waals surface area contributed by atoms with Crippen molar-refractivity contribution < 1.29 is 17.9 Å². The van der Waals surface area contributed by atoms with Gasteiger partial charge in [0, 0.05) is 20.1 Å². The van der Waals surface area contributed by atoms with Crippen LogP contribution in [0.2, 0.25) is 5.02 Å². The predicted molar refractivity (Wildman–Crippen MR) is 114 cm³/mol. The molecule has 0 saturated carbocycles. The number of ether oxygens (including phenoxy) is 1. The minimum absolute atomic E-state index is 0.117. The Morgan fingerprint density at radius 1 is 1.14 bits per heavy atom. The molecule has 0 radical (unpaired) electrons. The summed E-state index contributed by atoms with van der Waals surface area (Å²) < 4.78 is 32.0. The normalized spacial score (nSPS) is 15.2. The second-order valence-electron chi connectivity index (χ2n) is 7.29. The second kappa shape index (κ2) is 8.63. The molecule has 1 aliphatic heterocycles. The van der Waals surface area contributed by atoms with Crippen LogP contribution in [0.1, 0.15) is 30.1 Å². The van der Waals surface area contributed by atoms with Gasteiger partial charge in [0.2, 0.25) is 0 Å². The van der Waals surface area contributed by atoms with Gasteiger partial charge in [-0.2, -0.15) is 0 Å². The highest BCUT2D eigenvalue weighted by Crippen LogP contribution is 2.29. The van der Waals surface area contributed by atoms with Crippen molar-refractivity contribution in [3.8, 4) is 5.75 Å². The minimum Gasteiger partial charge on any atom is -0.497 e. The van der Waals surface area contributed by atoms with Crippen molar-refractivity contribution in [3.05, 3.63) is 53.1 Å². The summed E-state index contributed by atoms with van der Waals surface area (Å²) in [5.41, 5.74) is 0.773. The van der Waals surface area contributed by atoms with Crippen molar-refractivity contribution in [1.29, 1.82) is 0 Å². The Labute approximate surface area is 177 Å². The average Bonchev–Trinajstić information content (AvgIpc) is 2.73. The molecule has 0 bridgehead atoms. The van der Waals surface area contributed by atoms with E-state index in [0.717, 1.165) is 17.1 Å². The van der Waals surface area contributed by atoms with E-state index in [0.29, 0.717) is 36.0 Å². The van der Waals surface area contributed by atoms with Gasteiger partial charge < -0.3 is 9.64 Å². The number of anilines is 1. The van der Waals surface area contributed by atoms with Gasteiger partial charge in [-0.15, -0.1) is 0 Å². The van der Waals surface area contributed by atoms with Gasteiger partial charge in [0.05, 0.1) is 28.3 Å². The van der Waals surface area contributed by atoms with Crippen LogP contribution in [0.15, 0.2) is 47.4 Å². The first-order valence-corrected chi connectivity index (χ1v) is 11.3. The highest BCUT2D eigenvalue weighted by molar-refractivity contribution is 7.92. The fourth-order valence-corrected chi connectivity index (χ4v) is 4.74. The van der Waals surface area contributed by atoms with Crippen LogP contribution in [0, 0.1) is 5.92 Å². The summed E-state index contributed by atoms with van der Waals surface area (Å²) in [7, 11) is -0.794. The zero-order chi connectivity index (χ0) is 21.2. The molecule has 1 saturated heterocycles. The lowest BCUT2D eigenvalue weighted by Gasteiger charge is -2.30. The van der Waals surface area contributed by atoms with Crippen LogP contribution in [-0.2, 0) is 10.0 Å². The molecule has 0 N–H and O–H groups in total. The number of piperidine rings is 1. The molecular formula is C21H25ClN2O4S. The van der Waals surface area contributed by atoms with E-state index in [1.165, 1.54) is 32.4 Å². The van der Waals surface area contributed by atoms with E-state index < -0.39 is 10.0 Å². The third kappa shape index (κ3) is 4.51. The molecule has 156 valence electrons. The third-order valence-electron chi connectivity index (χ3n) is 5.34. The Bertz CT molecular complexity index is 984. The lowest BCUT2D eigenvalue weighted by atomic mass is 9.98. The summed E-state index contributed by atoms with van der Waals surface area (Å²) in [4.78, 5) is 14.7. The zero-order valence-corrected chi connectivity index (χ0v) is 18.3. The molecule has 8 heteroatoms. The summed E-state index contributed by atoms with van der Waals surface area (Å²) in [5, 5.41) is 0.239. The first kappa shape index (κ1) is 21.5. The Kier molecular flexibility index (Phi) is 6.39. The maximum atomic E-state index is 12.9. The molecule has 29 heavy (non-hydrogen) atoms. The molecule has 0 spiro atoms. The fourth-order valence-electron chi connectivity index (χ4n) is 3.30. The second-order valence-corrected chi connectivity index (χ2v) is 9.66. The van der Waals surface area contributed by atoms with Crippen molar-refractivity contribution in [2.24, 2.45) is 5.92 Å². The van der Waals surface area contributed by atoms with E-state index in [2.05, 4.69) is 6.92 Å². The fraction of sp³-hybridized carbons (Fsp3) is 0.381. The molecule has 1 heterocycles. The molecule has 1 amide bonds. The van der Waals surface area contributed by atoms with Crippen LogP contribution in [0.5, 0.6) is 5.75 Å². The van der Waals surface area contributed by atoms with Gasteiger partial charge in [-0.25, -0.2) is 8.42 Å². The summed E-state index contributed by atoms with van der Waals surface area (Å²) in [6.45, 7) is 3.61. The number of benzene rings is 2. The quantitative estimate of drug-likeness (QED) is 0.709. The van der Waals surface area contributed by atoms with Gasteiger partial charge in [-0.1, -0.05) is 18.5 Å². The van der Waals surface area contributed by atoms with E-state index in [-0.39, 0.29) is 15.8 Å². The first-order chi connectivity index (χ1) is 13.7. The van der Waals surface area contributed by atoms with Crippen molar-refractivity contribution in [2.75, 3.05) is 31.6 Å². The number of sulfonamides is 1. The molecule has 3 rings (SSSR count). The highest BCUT2D eigenvalue weighted by Gasteiger charge is 2.25. The minimum atomic E-state index is -3.77. The van der Waals surface area contributed by atoms with E-state index in [4.69, 9.17) is 16.3 Å². The van der Waals surface area contributed by atoms with Gasteiger partial charge in [0.25, 0.3) is 15.9 Å². The zero-order valence-electron chi connectivity index (χ0n) is 16.8. The lowest BCUT2D eigenvalue weighted by molar-refractivity contribution is 0.0697. The van der Waals surface area contributed by atoms with Crippen LogP contribution < -0.4 is 9.04 Å². The number of carbonyl (C=O) groups excluding carboxylic acids is 1. The number of carbonyl (C=O) groups is 1. The van der Waals surface area contributed by atoms with E-state index >= 15 is 0 Å². The lowest BCUT2D eigenvalue weighted by Crippen LogP contribution is -2.38. The Hall–Kier alpha value is -2.25. The van der Waals surface area contributed by atoms with Crippen LogP contribution >= 0.6 is 11.6 Å². The number of rotatable bonds is 5. The highest BCUT2D eigenvalue weighted by atomic mass is 35.5. The van der Waals surface area contributed by atoms with Crippen molar-refractivity contribution >= 4 is 33.2 Å². The summed E-state index contributed by atoms with van der Waals surface area (Å²) in [6, 6.07) is 10.9. The van der Waals surface area contributed by atoms with Gasteiger partial charge in [-0.3, -0.25) is 9.10 Å². The number of nitrogens with zero attached hydrogens (tertiary/aromatic N) is 2. The van der Waals surface area contributed by atoms with Crippen molar-refractivity contribution in [1.82, 2.24) is 4.90 Å².